The van der Waals surface area contributed by atoms with Crippen molar-refractivity contribution in [2.75, 3.05) is 19.4 Å². The summed E-state index contributed by atoms with van der Waals surface area (Å²) in [6.07, 6.45) is 2.27. The molecule has 1 aliphatic rings. The number of hydrogen-bond donors (Lipinski definition) is 1. The van der Waals surface area contributed by atoms with E-state index < -0.39 is 30.6 Å². The lowest BCUT2D eigenvalue weighted by Gasteiger charge is -2.12. The predicted octanol–water partition coefficient (Wildman–Crippen LogP) is 0.686. The fourth-order valence-electron chi connectivity index (χ4n) is 2.01. The molecular weight excluding hydrogens is 321 g/mol. The van der Waals surface area contributed by atoms with Gasteiger partial charge in [0.05, 0.1) is 11.0 Å². The third-order valence-corrected chi connectivity index (χ3v) is 5.69. The minimum absolute atomic E-state index is 0.0326. The molecule has 6 nitrogen and oxygen atoms in total. The number of rotatable bonds is 5. The van der Waals surface area contributed by atoms with Gasteiger partial charge in [-0.15, -0.1) is 0 Å². The monoisotopic (exact) mass is 337 g/mol. The van der Waals surface area contributed by atoms with Crippen molar-refractivity contribution in [2.24, 2.45) is 0 Å². The minimum atomic E-state index is -4.13. The Hall–Kier alpha value is -1.03. The molecule has 2 rings (SSSR count). The van der Waals surface area contributed by atoms with Crippen LogP contribution in [0.5, 0.6) is 0 Å². The van der Waals surface area contributed by atoms with Gasteiger partial charge in [0.1, 0.15) is 10.7 Å². The van der Waals surface area contributed by atoms with E-state index in [1.54, 1.807) is 0 Å². The number of halogens is 1. The molecule has 21 heavy (non-hydrogen) atoms. The van der Waals surface area contributed by atoms with Crippen molar-refractivity contribution in [2.45, 2.75) is 28.7 Å². The van der Waals surface area contributed by atoms with Gasteiger partial charge in [-0.25, -0.2) is 25.9 Å². The zero-order chi connectivity index (χ0) is 15.7. The largest absolute Gasteiger partial charge is 0.377 e. The second-order valence-electron chi connectivity index (χ2n) is 4.85. The summed E-state index contributed by atoms with van der Waals surface area (Å²) in [6.45, 7) is 0.606. The minimum Gasteiger partial charge on any atom is -0.377 e. The number of benzene rings is 1. The molecule has 1 atom stereocenters. The molecule has 1 heterocycles. The van der Waals surface area contributed by atoms with Crippen LogP contribution in [0.1, 0.15) is 12.8 Å². The first-order valence-corrected chi connectivity index (χ1v) is 9.68. The van der Waals surface area contributed by atoms with Crippen molar-refractivity contribution in [3.63, 3.8) is 0 Å². The first kappa shape index (κ1) is 16.3. The topological polar surface area (TPSA) is 89.5 Å². The maximum atomic E-state index is 13.7. The molecule has 1 aromatic rings. The van der Waals surface area contributed by atoms with Crippen molar-refractivity contribution in [1.82, 2.24) is 4.72 Å². The molecule has 0 saturated carbocycles. The third-order valence-electron chi connectivity index (χ3n) is 3.15. The molecule has 1 unspecified atom stereocenters. The molecular formula is C12H16FNO5S2. The number of sulfone groups is 1. The summed E-state index contributed by atoms with van der Waals surface area (Å²) in [5.41, 5.74) is 0. The highest BCUT2D eigenvalue weighted by Gasteiger charge is 2.24. The van der Waals surface area contributed by atoms with E-state index in [1.807, 2.05) is 0 Å². The molecule has 0 aliphatic carbocycles. The summed E-state index contributed by atoms with van der Waals surface area (Å²) in [6, 6.07) is 2.68. The van der Waals surface area contributed by atoms with Gasteiger partial charge in [0.25, 0.3) is 0 Å². The van der Waals surface area contributed by atoms with Crippen LogP contribution in [0.4, 0.5) is 4.39 Å². The summed E-state index contributed by atoms with van der Waals surface area (Å²) in [5, 5.41) is 0. The second kappa shape index (κ2) is 5.99. The lowest BCUT2D eigenvalue weighted by Crippen LogP contribution is -2.32. The zero-order valence-electron chi connectivity index (χ0n) is 11.4. The number of ether oxygens (including phenoxy) is 1. The molecule has 1 saturated heterocycles. The Morgan fingerprint density at radius 3 is 2.62 bits per heavy atom. The van der Waals surface area contributed by atoms with Crippen LogP contribution in [-0.4, -0.2) is 42.3 Å². The lowest BCUT2D eigenvalue weighted by molar-refractivity contribution is 0.114. The summed E-state index contributed by atoms with van der Waals surface area (Å²) in [7, 11) is -7.75. The molecule has 1 fully saturated rings. The molecule has 0 amide bonds. The maximum absolute atomic E-state index is 13.7. The van der Waals surface area contributed by atoms with E-state index in [2.05, 4.69) is 4.72 Å². The molecule has 118 valence electrons. The summed E-state index contributed by atoms with van der Waals surface area (Å²) in [4.78, 5) is -0.926. The van der Waals surface area contributed by atoms with E-state index in [9.17, 15) is 21.2 Å². The average Bonchev–Trinajstić information content (AvgIpc) is 2.88. The van der Waals surface area contributed by atoms with Gasteiger partial charge in [-0.05, 0) is 31.0 Å². The standard InChI is InChI=1S/C12H16FNO5S2/c1-20(15,16)10-4-5-11(13)12(7-10)21(17,18)14-8-9-3-2-6-19-9/h4-5,7,9,14H,2-3,6,8H2,1H3. The van der Waals surface area contributed by atoms with Gasteiger partial charge >= 0.3 is 0 Å². The van der Waals surface area contributed by atoms with Crippen molar-refractivity contribution < 1.29 is 26.0 Å². The van der Waals surface area contributed by atoms with E-state index >= 15 is 0 Å². The number of sulfonamides is 1. The fraction of sp³-hybridized carbons (Fsp3) is 0.500. The van der Waals surface area contributed by atoms with E-state index in [0.717, 1.165) is 37.3 Å². The van der Waals surface area contributed by atoms with Crippen molar-refractivity contribution in [3.8, 4) is 0 Å². The molecule has 0 radical (unpaired) electrons. The normalized spacial score (nSPS) is 19.8. The number of hydrogen-bond acceptors (Lipinski definition) is 5. The van der Waals surface area contributed by atoms with Gasteiger partial charge < -0.3 is 4.74 Å². The zero-order valence-corrected chi connectivity index (χ0v) is 13.0. The SMILES string of the molecule is CS(=O)(=O)c1ccc(F)c(S(=O)(=O)NCC2CCCO2)c1. The quantitative estimate of drug-likeness (QED) is 0.798. The second-order valence-corrected chi connectivity index (χ2v) is 8.60. The van der Waals surface area contributed by atoms with Gasteiger partial charge in [0.15, 0.2) is 9.84 Å². The van der Waals surface area contributed by atoms with E-state index in [1.165, 1.54) is 0 Å². The fourth-order valence-corrected chi connectivity index (χ4v) is 3.90. The van der Waals surface area contributed by atoms with E-state index in [-0.39, 0.29) is 17.5 Å². The third kappa shape index (κ3) is 4.00. The van der Waals surface area contributed by atoms with E-state index in [0.29, 0.717) is 6.61 Å². The molecule has 1 aromatic carbocycles. The van der Waals surface area contributed by atoms with Crippen LogP contribution in [0.25, 0.3) is 0 Å². The number of nitrogens with one attached hydrogen (secondary N) is 1. The smallest absolute Gasteiger partial charge is 0.243 e. The molecule has 1 N–H and O–H groups in total. The predicted molar refractivity (Wildman–Crippen MR) is 73.7 cm³/mol. The Morgan fingerprint density at radius 1 is 1.33 bits per heavy atom. The first-order chi connectivity index (χ1) is 9.70. The Bertz CT molecular complexity index is 724. The van der Waals surface area contributed by atoms with Crippen molar-refractivity contribution >= 4 is 19.9 Å². The molecule has 0 spiro atoms. The summed E-state index contributed by atoms with van der Waals surface area (Å²) >= 11 is 0. The highest BCUT2D eigenvalue weighted by atomic mass is 32.2. The van der Waals surface area contributed by atoms with E-state index in [4.69, 9.17) is 4.74 Å². The Labute approximate surface area is 123 Å². The molecule has 0 aromatic heterocycles. The lowest BCUT2D eigenvalue weighted by atomic mass is 10.2. The van der Waals surface area contributed by atoms with Gasteiger partial charge in [-0.3, -0.25) is 0 Å². The van der Waals surface area contributed by atoms with Crippen LogP contribution >= 0.6 is 0 Å². The maximum Gasteiger partial charge on any atom is 0.243 e. The molecule has 9 heteroatoms. The molecule has 0 bridgehead atoms. The van der Waals surface area contributed by atoms with Crippen LogP contribution in [0.15, 0.2) is 28.0 Å². The van der Waals surface area contributed by atoms with Crippen LogP contribution in [0.3, 0.4) is 0 Å². The summed E-state index contributed by atoms with van der Waals surface area (Å²) < 4.78 is 68.3. The van der Waals surface area contributed by atoms with Crippen molar-refractivity contribution in [1.29, 1.82) is 0 Å². The van der Waals surface area contributed by atoms with Gasteiger partial charge in [0.2, 0.25) is 10.0 Å². The van der Waals surface area contributed by atoms with Crippen molar-refractivity contribution in [3.05, 3.63) is 24.0 Å². The van der Waals surface area contributed by atoms with Gasteiger partial charge in [0, 0.05) is 19.4 Å². The first-order valence-electron chi connectivity index (χ1n) is 6.31. The van der Waals surface area contributed by atoms with Crippen LogP contribution < -0.4 is 4.72 Å². The van der Waals surface area contributed by atoms with Crippen LogP contribution in [0, 0.1) is 5.82 Å². The highest BCUT2D eigenvalue weighted by molar-refractivity contribution is 7.91. The van der Waals surface area contributed by atoms with Crippen LogP contribution in [-0.2, 0) is 24.6 Å². The molecule has 1 aliphatic heterocycles. The van der Waals surface area contributed by atoms with Gasteiger partial charge in [-0.2, -0.15) is 0 Å². The Kier molecular flexibility index (Phi) is 4.66. The average molecular weight is 337 g/mol. The summed E-state index contributed by atoms with van der Waals surface area (Å²) in [5.74, 6) is -0.998. The van der Waals surface area contributed by atoms with Crippen LogP contribution in [0.2, 0.25) is 0 Å². The highest BCUT2D eigenvalue weighted by Crippen LogP contribution is 2.20. The Balaban J connectivity index is 2.26. The Morgan fingerprint density at radius 2 is 2.05 bits per heavy atom. The van der Waals surface area contributed by atoms with Gasteiger partial charge in [-0.1, -0.05) is 0 Å².